The van der Waals surface area contributed by atoms with Gasteiger partial charge in [-0.05, 0) is 42.2 Å². The number of likely N-dealkylation sites (tertiary alicyclic amines) is 1. The molecule has 3 aliphatic rings. The molecule has 2 aromatic rings. The van der Waals surface area contributed by atoms with Crippen LogP contribution in [0.15, 0.2) is 48.8 Å². The van der Waals surface area contributed by atoms with E-state index >= 15 is 0 Å². The molecule has 0 N–H and O–H groups in total. The minimum absolute atomic E-state index is 0.0868. The number of pyridine rings is 1. The van der Waals surface area contributed by atoms with Gasteiger partial charge in [-0.1, -0.05) is 18.2 Å². The van der Waals surface area contributed by atoms with Crippen LogP contribution in [0.4, 0.5) is 4.39 Å². The number of amides is 2. The monoisotopic (exact) mass is 409 g/mol. The second-order valence-corrected chi connectivity index (χ2v) is 8.42. The Morgan fingerprint density at radius 2 is 2.03 bits per heavy atom. The van der Waals surface area contributed by atoms with Crippen LogP contribution in [0.5, 0.6) is 0 Å². The Bertz CT molecular complexity index is 948. The molecule has 1 spiro atoms. The smallest absolute Gasteiger partial charge is 0.257 e. The van der Waals surface area contributed by atoms with Crippen LogP contribution < -0.4 is 0 Å². The van der Waals surface area contributed by atoms with E-state index in [-0.39, 0.29) is 36.0 Å². The van der Waals surface area contributed by atoms with E-state index in [2.05, 4.69) is 4.98 Å². The van der Waals surface area contributed by atoms with Crippen LogP contribution in [0.1, 0.15) is 29.9 Å². The molecule has 3 fully saturated rings. The van der Waals surface area contributed by atoms with E-state index in [0.29, 0.717) is 26.2 Å². The maximum Gasteiger partial charge on any atom is 0.257 e. The van der Waals surface area contributed by atoms with Crippen molar-refractivity contribution in [2.45, 2.75) is 30.9 Å². The fourth-order valence-electron chi connectivity index (χ4n) is 4.63. The van der Waals surface area contributed by atoms with Gasteiger partial charge in [0.25, 0.3) is 5.91 Å². The minimum Gasteiger partial charge on any atom is -0.361 e. The summed E-state index contributed by atoms with van der Waals surface area (Å²) in [7, 11) is 0. The van der Waals surface area contributed by atoms with Crippen molar-refractivity contribution in [3.63, 3.8) is 0 Å². The molecule has 1 aromatic carbocycles. The van der Waals surface area contributed by atoms with Crippen molar-refractivity contribution in [2.75, 3.05) is 26.2 Å². The Hall–Kier alpha value is -2.80. The van der Waals surface area contributed by atoms with Gasteiger partial charge in [0.15, 0.2) is 5.60 Å². The van der Waals surface area contributed by atoms with Crippen molar-refractivity contribution in [1.82, 2.24) is 14.8 Å². The first-order valence-electron chi connectivity index (χ1n) is 10.4. The molecule has 30 heavy (non-hydrogen) atoms. The van der Waals surface area contributed by atoms with E-state index in [1.165, 1.54) is 12.1 Å². The topological polar surface area (TPSA) is 62.7 Å². The van der Waals surface area contributed by atoms with Crippen LogP contribution in [0, 0.1) is 11.7 Å². The largest absolute Gasteiger partial charge is 0.361 e. The number of ether oxygens (including phenoxy) is 1. The zero-order chi connectivity index (χ0) is 20.7. The van der Waals surface area contributed by atoms with Crippen LogP contribution in [-0.2, 0) is 20.9 Å². The molecule has 0 bridgehead atoms. The van der Waals surface area contributed by atoms with E-state index in [1.54, 1.807) is 34.3 Å². The first kappa shape index (κ1) is 19.2. The zero-order valence-corrected chi connectivity index (χ0v) is 16.7. The summed E-state index contributed by atoms with van der Waals surface area (Å²) < 4.78 is 19.5. The lowest BCUT2D eigenvalue weighted by molar-refractivity contribution is -0.173. The van der Waals surface area contributed by atoms with Crippen molar-refractivity contribution >= 4 is 11.8 Å². The van der Waals surface area contributed by atoms with Gasteiger partial charge in [0.1, 0.15) is 5.82 Å². The minimum atomic E-state index is -1.11. The number of nitrogens with zero attached hydrogens (tertiary/aromatic N) is 3. The van der Waals surface area contributed by atoms with Crippen LogP contribution in [0.3, 0.4) is 0 Å². The maximum absolute atomic E-state index is 13.7. The summed E-state index contributed by atoms with van der Waals surface area (Å²) in [5, 5.41) is 0. The van der Waals surface area contributed by atoms with Crippen molar-refractivity contribution in [3.8, 4) is 0 Å². The van der Waals surface area contributed by atoms with E-state index in [1.807, 2.05) is 12.1 Å². The average molecular weight is 409 g/mol. The maximum atomic E-state index is 13.7. The van der Waals surface area contributed by atoms with Gasteiger partial charge in [0, 0.05) is 43.9 Å². The quantitative estimate of drug-likeness (QED) is 0.778. The highest BCUT2D eigenvalue weighted by molar-refractivity contribution is 5.90. The first-order valence-corrected chi connectivity index (χ1v) is 10.4. The fourth-order valence-corrected chi connectivity index (χ4v) is 4.63. The molecule has 3 heterocycles. The molecule has 2 saturated heterocycles. The van der Waals surface area contributed by atoms with Crippen LogP contribution in [0.25, 0.3) is 0 Å². The average Bonchev–Trinajstić information content (AvgIpc) is 3.55. The highest BCUT2D eigenvalue weighted by Crippen LogP contribution is 2.44. The van der Waals surface area contributed by atoms with Crippen LogP contribution >= 0.6 is 0 Å². The summed E-state index contributed by atoms with van der Waals surface area (Å²) >= 11 is 0. The van der Waals surface area contributed by atoms with Crippen LogP contribution in [-0.4, -0.2) is 58.4 Å². The lowest BCUT2D eigenvalue weighted by Crippen LogP contribution is -2.60. The summed E-state index contributed by atoms with van der Waals surface area (Å²) in [6.07, 6.45) is 5.30. The van der Waals surface area contributed by atoms with E-state index in [4.69, 9.17) is 4.74 Å². The number of hydrogen-bond acceptors (Lipinski definition) is 4. The Balaban J connectivity index is 1.45. The number of carbonyl (C=O) groups is 2. The molecule has 7 heteroatoms. The van der Waals surface area contributed by atoms with Gasteiger partial charge in [-0.25, -0.2) is 4.39 Å². The summed E-state index contributed by atoms with van der Waals surface area (Å²) in [6, 6.07) is 9.99. The molecule has 2 atom stereocenters. The van der Waals surface area contributed by atoms with Gasteiger partial charge in [-0.3, -0.25) is 14.6 Å². The summed E-state index contributed by atoms with van der Waals surface area (Å²) in [6.45, 7) is 1.97. The third kappa shape index (κ3) is 3.37. The Morgan fingerprint density at radius 1 is 1.23 bits per heavy atom. The number of halogens is 1. The van der Waals surface area contributed by atoms with Gasteiger partial charge in [0.2, 0.25) is 5.91 Å². The van der Waals surface area contributed by atoms with Gasteiger partial charge in [-0.15, -0.1) is 0 Å². The van der Waals surface area contributed by atoms with Crippen molar-refractivity contribution in [2.24, 2.45) is 5.92 Å². The first-order chi connectivity index (χ1) is 14.6. The normalized spacial score (nSPS) is 26.4. The van der Waals surface area contributed by atoms with Gasteiger partial charge >= 0.3 is 0 Å². The van der Waals surface area contributed by atoms with E-state index < -0.39 is 5.60 Å². The molecule has 2 unspecified atom stereocenters. The highest BCUT2D eigenvalue weighted by atomic mass is 19.1. The fraction of sp³-hybridized carbons (Fsp3) is 0.435. The summed E-state index contributed by atoms with van der Waals surface area (Å²) in [5.74, 6) is -0.475. The summed E-state index contributed by atoms with van der Waals surface area (Å²) in [5.41, 5.74) is 0.662. The zero-order valence-electron chi connectivity index (χ0n) is 16.7. The lowest BCUT2D eigenvalue weighted by atomic mass is 9.83. The standard InChI is InChI=1S/C23H24FN3O3/c24-19-7-3-16(4-8-19)13-26-10-11-30-23(22(26)29)15-27(21(28)17-5-6-17)14-20(23)18-2-1-9-25-12-18/h1-4,7-9,12,17,20H,5-6,10-11,13-15H2. The van der Waals surface area contributed by atoms with Crippen molar-refractivity contribution in [3.05, 3.63) is 65.7 Å². The molecule has 2 amide bonds. The predicted octanol–water partition coefficient (Wildman–Crippen LogP) is 2.35. The molecule has 2 aliphatic heterocycles. The molecule has 5 rings (SSSR count). The molecule has 6 nitrogen and oxygen atoms in total. The molecule has 1 aromatic heterocycles. The lowest BCUT2D eigenvalue weighted by Gasteiger charge is -2.42. The molecule has 1 saturated carbocycles. The Morgan fingerprint density at radius 3 is 2.73 bits per heavy atom. The van der Waals surface area contributed by atoms with Gasteiger partial charge < -0.3 is 14.5 Å². The van der Waals surface area contributed by atoms with Gasteiger partial charge in [0.05, 0.1) is 13.2 Å². The third-order valence-electron chi connectivity index (χ3n) is 6.37. The molecule has 156 valence electrons. The second kappa shape index (κ2) is 7.47. The number of benzene rings is 1. The molecular formula is C23H24FN3O3. The highest BCUT2D eigenvalue weighted by Gasteiger charge is 2.58. The Kier molecular flexibility index (Phi) is 4.77. The SMILES string of the molecule is O=C(C1CC1)N1CC(c2cccnc2)C2(C1)OCCN(Cc1ccc(F)cc1)C2=O. The second-order valence-electron chi connectivity index (χ2n) is 8.42. The molecule has 1 aliphatic carbocycles. The number of aromatic nitrogens is 1. The molecular weight excluding hydrogens is 385 g/mol. The number of morpholine rings is 1. The van der Waals surface area contributed by atoms with Crippen molar-refractivity contribution in [1.29, 1.82) is 0 Å². The number of rotatable bonds is 4. The molecule has 0 radical (unpaired) electrons. The predicted molar refractivity (Wildman–Crippen MR) is 107 cm³/mol. The van der Waals surface area contributed by atoms with Crippen LogP contribution in [0.2, 0.25) is 0 Å². The summed E-state index contributed by atoms with van der Waals surface area (Å²) in [4.78, 5) is 34.3. The Labute approximate surface area is 174 Å². The number of carbonyl (C=O) groups excluding carboxylic acids is 2. The van der Waals surface area contributed by atoms with E-state index in [9.17, 15) is 14.0 Å². The van der Waals surface area contributed by atoms with Crippen molar-refractivity contribution < 1.29 is 18.7 Å². The third-order valence-corrected chi connectivity index (χ3v) is 6.37. The van der Waals surface area contributed by atoms with Gasteiger partial charge in [-0.2, -0.15) is 0 Å². The van der Waals surface area contributed by atoms with E-state index in [0.717, 1.165) is 24.0 Å². The number of hydrogen-bond donors (Lipinski definition) is 0.